The molecule has 0 saturated heterocycles. The van der Waals surface area contributed by atoms with Crippen LogP contribution in [-0.2, 0) is 12.8 Å². The quantitative estimate of drug-likeness (QED) is 0.189. The maximum absolute atomic E-state index is 3.96. The number of para-hydroxylation sites is 2. The largest absolute Gasteiger partial charge is 0.361 e. The third-order valence-electron chi connectivity index (χ3n) is 8.23. The first-order valence-electron chi connectivity index (χ1n) is 14.3. The molecule has 2 atom stereocenters. The van der Waals surface area contributed by atoms with Crippen LogP contribution in [0.25, 0.3) is 21.8 Å². The van der Waals surface area contributed by atoms with E-state index in [0.29, 0.717) is 12.1 Å². The zero-order valence-electron chi connectivity index (χ0n) is 23.0. The standard InChI is InChI=1S/C33H44N4/c1-5-17-35(18-6-2)19-15-27-24-37(32-14-10-8-12-30(27)32)33-21-28(33)23-36(25(3)4)20-16-26-22-34-31-13-9-7-11-29(26)31/h5,7-14,22,24-25,28,33-34H,1,6,15-21,23H2,2-4H3. The lowest BCUT2D eigenvalue weighted by atomic mass is 10.1. The maximum atomic E-state index is 3.96. The lowest BCUT2D eigenvalue weighted by molar-refractivity contribution is 0.212. The fraction of sp³-hybridized carbons (Fsp3) is 0.455. The molecule has 0 bridgehead atoms. The summed E-state index contributed by atoms with van der Waals surface area (Å²) in [6, 6.07) is 18.9. The van der Waals surface area contributed by atoms with Crippen LogP contribution in [0.15, 0.2) is 73.6 Å². The van der Waals surface area contributed by atoms with Crippen molar-refractivity contribution in [3.05, 3.63) is 84.7 Å². The van der Waals surface area contributed by atoms with Gasteiger partial charge in [-0.15, -0.1) is 6.58 Å². The average Bonchev–Trinajstić information content (AvgIpc) is 3.39. The molecule has 5 rings (SSSR count). The number of aromatic nitrogens is 2. The molecule has 0 spiro atoms. The third-order valence-corrected chi connectivity index (χ3v) is 8.23. The fourth-order valence-corrected chi connectivity index (χ4v) is 6.06. The number of rotatable bonds is 14. The lowest BCUT2D eigenvalue weighted by Crippen LogP contribution is -2.35. The van der Waals surface area contributed by atoms with E-state index in [1.165, 1.54) is 52.3 Å². The molecule has 2 aromatic carbocycles. The van der Waals surface area contributed by atoms with Crippen molar-refractivity contribution in [2.45, 2.75) is 58.5 Å². The van der Waals surface area contributed by atoms with Crippen LogP contribution in [0.2, 0.25) is 0 Å². The normalized spacial score (nSPS) is 17.6. The van der Waals surface area contributed by atoms with Crippen LogP contribution in [-0.4, -0.2) is 58.1 Å². The molecule has 37 heavy (non-hydrogen) atoms. The van der Waals surface area contributed by atoms with E-state index in [2.05, 4.69) is 108 Å². The van der Waals surface area contributed by atoms with Crippen LogP contribution >= 0.6 is 0 Å². The summed E-state index contributed by atoms with van der Waals surface area (Å²) in [6.07, 6.45) is 11.4. The number of aromatic amines is 1. The van der Waals surface area contributed by atoms with E-state index in [0.717, 1.165) is 44.9 Å². The number of hydrogen-bond acceptors (Lipinski definition) is 2. The number of nitrogens with one attached hydrogen (secondary N) is 1. The van der Waals surface area contributed by atoms with Gasteiger partial charge in [0.2, 0.25) is 0 Å². The molecule has 2 aromatic heterocycles. The van der Waals surface area contributed by atoms with E-state index in [1.807, 2.05) is 6.08 Å². The Labute approximate surface area is 223 Å². The second-order valence-electron chi connectivity index (χ2n) is 11.2. The minimum Gasteiger partial charge on any atom is -0.361 e. The Morgan fingerprint density at radius 2 is 1.76 bits per heavy atom. The van der Waals surface area contributed by atoms with Gasteiger partial charge in [0, 0.05) is 72.5 Å². The highest BCUT2D eigenvalue weighted by Crippen LogP contribution is 2.46. The number of hydrogen-bond donors (Lipinski definition) is 1. The van der Waals surface area contributed by atoms with Gasteiger partial charge in [0.05, 0.1) is 0 Å². The Morgan fingerprint density at radius 3 is 2.54 bits per heavy atom. The topological polar surface area (TPSA) is 27.2 Å². The number of nitrogens with zero attached hydrogens (tertiary/aromatic N) is 3. The van der Waals surface area contributed by atoms with E-state index in [-0.39, 0.29) is 0 Å². The van der Waals surface area contributed by atoms with Gasteiger partial charge in [-0.05, 0) is 75.3 Å². The van der Waals surface area contributed by atoms with Gasteiger partial charge in [0.15, 0.2) is 0 Å². The molecule has 4 nitrogen and oxygen atoms in total. The van der Waals surface area contributed by atoms with Crippen LogP contribution in [0, 0.1) is 5.92 Å². The lowest BCUT2D eigenvalue weighted by Gasteiger charge is -2.26. The van der Waals surface area contributed by atoms with Crippen LogP contribution in [0.4, 0.5) is 0 Å². The van der Waals surface area contributed by atoms with Crippen LogP contribution in [0.3, 0.4) is 0 Å². The molecule has 1 aliphatic rings. The van der Waals surface area contributed by atoms with Gasteiger partial charge < -0.3 is 14.5 Å². The molecule has 1 fully saturated rings. The molecule has 2 heterocycles. The SMILES string of the molecule is C=CCN(CCC)CCc1cn(C2CC2CN(CCc2c[nH]c3ccccc23)C(C)C)c2ccccc12. The molecule has 4 heteroatoms. The minimum absolute atomic E-state index is 0.554. The van der Waals surface area contributed by atoms with Crippen molar-refractivity contribution in [2.24, 2.45) is 5.92 Å². The molecule has 0 radical (unpaired) electrons. The Morgan fingerprint density at radius 1 is 1.00 bits per heavy atom. The van der Waals surface area contributed by atoms with Crippen molar-refractivity contribution in [2.75, 3.05) is 32.7 Å². The zero-order chi connectivity index (χ0) is 25.8. The van der Waals surface area contributed by atoms with Gasteiger partial charge in [0.1, 0.15) is 0 Å². The van der Waals surface area contributed by atoms with Gasteiger partial charge in [0.25, 0.3) is 0 Å². The molecule has 1 N–H and O–H groups in total. The zero-order valence-corrected chi connectivity index (χ0v) is 23.0. The Bertz CT molecular complexity index is 1310. The summed E-state index contributed by atoms with van der Waals surface area (Å²) in [7, 11) is 0. The van der Waals surface area contributed by atoms with Crippen molar-refractivity contribution in [1.29, 1.82) is 0 Å². The molecular weight excluding hydrogens is 452 g/mol. The highest BCUT2D eigenvalue weighted by molar-refractivity contribution is 5.84. The van der Waals surface area contributed by atoms with Crippen molar-refractivity contribution < 1.29 is 0 Å². The summed E-state index contributed by atoms with van der Waals surface area (Å²) in [6.45, 7) is 16.4. The Kier molecular flexibility index (Phi) is 8.17. The van der Waals surface area contributed by atoms with Crippen LogP contribution < -0.4 is 0 Å². The van der Waals surface area contributed by atoms with Gasteiger partial charge in [-0.25, -0.2) is 0 Å². The Hall–Kier alpha value is -2.82. The highest BCUT2D eigenvalue weighted by atomic mass is 15.2. The summed E-state index contributed by atoms with van der Waals surface area (Å²) in [5, 5.41) is 2.80. The fourth-order valence-electron chi connectivity index (χ4n) is 6.06. The highest BCUT2D eigenvalue weighted by Gasteiger charge is 2.40. The molecule has 0 aliphatic heterocycles. The van der Waals surface area contributed by atoms with Crippen molar-refractivity contribution in [3.63, 3.8) is 0 Å². The molecule has 4 aromatic rings. The molecule has 0 amide bonds. The van der Waals surface area contributed by atoms with E-state index >= 15 is 0 Å². The first kappa shape index (κ1) is 25.8. The first-order valence-corrected chi connectivity index (χ1v) is 14.3. The summed E-state index contributed by atoms with van der Waals surface area (Å²) in [5.41, 5.74) is 5.58. The summed E-state index contributed by atoms with van der Waals surface area (Å²) in [5.74, 6) is 0.728. The predicted octanol–water partition coefficient (Wildman–Crippen LogP) is 7.08. The molecule has 1 saturated carbocycles. The number of fused-ring (bicyclic) bond motifs is 2. The molecule has 2 unspecified atom stereocenters. The molecule has 196 valence electrons. The summed E-state index contributed by atoms with van der Waals surface area (Å²) in [4.78, 5) is 8.66. The van der Waals surface area contributed by atoms with Gasteiger partial charge in [-0.3, -0.25) is 4.90 Å². The second kappa shape index (κ2) is 11.7. The van der Waals surface area contributed by atoms with Crippen molar-refractivity contribution in [3.8, 4) is 0 Å². The third kappa shape index (κ3) is 5.86. The molecule has 1 aliphatic carbocycles. The summed E-state index contributed by atoms with van der Waals surface area (Å²) >= 11 is 0. The van der Waals surface area contributed by atoms with Gasteiger partial charge >= 0.3 is 0 Å². The first-order chi connectivity index (χ1) is 18.1. The monoisotopic (exact) mass is 496 g/mol. The maximum Gasteiger partial charge on any atom is 0.0485 e. The number of H-pyrrole nitrogens is 1. The van der Waals surface area contributed by atoms with Crippen molar-refractivity contribution >= 4 is 21.8 Å². The van der Waals surface area contributed by atoms with Crippen LogP contribution in [0.1, 0.15) is 50.8 Å². The second-order valence-corrected chi connectivity index (χ2v) is 11.2. The van der Waals surface area contributed by atoms with E-state index < -0.39 is 0 Å². The smallest absolute Gasteiger partial charge is 0.0485 e. The average molecular weight is 497 g/mol. The van der Waals surface area contributed by atoms with Crippen LogP contribution in [0.5, 0.6) is 0 Å². The molecular formula is C33H44N4. The van der Waals surface area contributed by atoms with E-state index in [1.54, 1.807) is 0 Å². The van der Waals surface area contributed by atoms with Crippen molar-refractivity contribution in [1.82, 2.24) is 19.4 Å². The summed E-state index contributed by atoms with van der Waals surface area (Å²) < 4.78 is 2.60. The van der Waals surface area contributed by atoms with E-state index in [4.69, 9.17) is 0 Å². The van der Waals surface area contributed by atoms with Gasteiger partial charge in [-0.2, -0.15) is 0 Å². The van der Waals surface area contributed by atoms with Gasteiger partial charge in [-0.1, -0.05) is 49.4 Å². The Balaban J connectivity index is 1.25. The van der Waals surface area contributed by atoms with E-state index in [9.17, 15) is 0 Å². The minimum atomic E-state index is 0.554. The predicted molar refractivity (Wildman–Crippen MR) is 158 cm³/mol. The number of benzene rings is 2.